The summed E-state index contributed by atoms with van der Waals surface area (Å²) in [7, 11) is 1.60. The highest BCUT2D eigenvalue weighted by atomic mass is 32.2. The van der Waals surface area contributed by atoms with Crippen LogP contribution < -0.4 is 14.8 Å². The van der Waals surface area contributed by atoms with Crippen LogP contribution in [0.4, 0.5) is 0 Å². The molecule has 0 saturated heterocycles. The molecule has 0 atom stereocenters. The second-order valence-electron chi connectivity index (χ2n) is 6.19. The molecule has 0 heterocycles. The molecule has 0 fully saturated rings. The van der Waals surface area contributed by atoms with E-state index in [1.54, 1.807) is 31.4 Å². The van der Waals surface area contributed by atoms with Crippen molar-refractivity contribution in [2.45, 2.75) is 24.9 Å². The van der Waals surface area contributed by atoms with Gasteiger partial charge in [-0.25, -0.2) is 18.1 Å². The zero-order valence-electron chi connectivity index (χ0n) is 16.8. The van der Waals surface area contributed by atoms with Crippen LogP contribution in [0.15, 0.2) is 58.4 Å². The summed E-state index contributed by atoms with van der Waals surface area (Å²) in [5.41, 5.74) is 2.00. The van der Waals surface area contributed by atoms with Crippen LogP contribution in [0.3, 0.4) is 0 Å². The summed E-state index contributed by atoms with van der Waals surface area (Å²) < 4.78 is 31.4. The third-order valence-corrected chi connectivity index (χ3v) is 5.64. The number of hydrogen-bond acceptors (Lipinski definition) is 4. The van der Waals surface area contributed by atoms with Crippen LogP contribution in [-0.2, 0) is 23.1 Å². The largest absolute Gasteiger partial charge is 0.496 e. The SMILES string of the molecule is CCNC(=NCc1ccc(S(=O)(=O)NC)cc1)N(C)Cc1ccccc1OC. The number of guanidine groups is 1. The molecule has 0 aliphatic heterocycles. The van der Waals surface area contributed by atoms with Gasteiger partial charge in [-0.05, 0) is 37.7 Å². The van der Waals surface area contributed by atoms with E-state index in [1.807, 2.05) is 43.1 Å². The number of sulfonamides is 1. The summed E-state index contributed by atoms with van der Waals surface area (Å²) in [4.78, 5) is 6.94. The lowest BCUT2D eigenvalue weighted by molar-refractivity contribution is 0.396. The Morgan fingerprint density at radius 2 is 1.82 bits per heavy atom. The average Bonchev–Trinajstić information content (AvgIpc) is 2.71. The molecule has 0 saturated carbocycles. The van der Waals surface area contributed by atoms with Crippen molar-refractivity contribution in [1.82, 2.24) is 14.9 Å². The second kappa shape index (κ2) is 10.1. The predicted molar refractivity (Wildman–Crippen MR) is 112 cm³/mol. The van der Waals surface area contributed by atoms with Crippen molar-refractivity contribution < 1.29 is 13.2 Å². The number of nitrogens with zero attached hydrogens (tertiary/aromatic N) is 2. The van der Waals surface area contributed by atoms with Crippen molar-refractivity contribution in [2.24, 2.45) is 4.99 Å². The van der Waals surface area contributed by atoms with Gasteiger partial charge in [0.1, 0.15) is 5.75 Å². The Hall–Kier alpha value is -2.58. The maximum atomic E-state index is 11.8. The predicted octanol–water partition coefficient (Wildman–Crippen LogP) is 2.20. The Bertz CT molecular complexity index is 896. The number of ether oxygens (including phenoxy) is 1. The van der Waals surface area contributed by atoms with Crippen molar-refractivity contribution >= 4 is 16.0 Å². The Morgan fingerprint density at radius 1 is 1.14 bits per heavy atom. The van der Waals surface area contributed by atoms with Gasteiger partial charge in [0.25, 0.3) is 0 Å². The molecule has 0 radical (unpaired) electrons. The standard InChI is InChI=1S/C20H28N4O3S/c1-5-22-20(24(3)15-17-8-6-7-9-19(17)27-4)23-14-16-10-12-18(13-11-16)28(25,26)21-2/h6-13,21H,5,14-15H2,1-4H3,(H,22,23). The smallest absolute Gasteiger partial charge is 0.240 e. The molecule has 0 bridgehead atoms. The van der Waals surface area contributed by atoms with Gasteiger partial charge in [-0.2, -0.15) is 0 Å². The first-order valence-corrected chi connectivity index (χ1v) is 10.5. The molecule has 0 aliphatic carbocycles. The van der Waals surface area contributed by atoms with Crippen molar-refractivity contribution in [1.29, 1.82) is 0 Å². The van der Waals surface area contributed by atoms with Gasteiger partial charge in [-0.3, -0.25) is 0 Å². The Morgan fingerprint density at radius 3 is 2.43 bits per heavy atom. The van der Waals surface area contributed by atoms with Gasteiger partial charge in [0.2, 0.25) is 10.0 Å². The van der Waals surface area contributed by atoms with Crippen LogP contribution >= 0.6 is 0 Å². The maximum Gasteiger partial charge on any atom is 0.240 e. The quantitative estimate of drug-likeness (QED) is 0.521. The molecule has 0 amide bonds. The number of aliphatic imine (C=N–C) groups is 1. The summed E-state index contributed by atoms with van der Waals surface area (Å²) in [5.74, 6) is 1.60. The molecule has 0 spiro atoms. The van der Waals surface area contributed by atoms with Crippen LogP contribution in [0, 0.1) is 0 Å². The second-order valence-corrected chi connectivity index (χ2v) is 8.08. The topological polar surface area (TPSA) is 83.0 Å². The molecule has 2 aromatic rings. The van der Waals surface area contributed by atoms with Gasteiger partial charge < -0.3 is 15.0 Å². The summed E-state index contributed by atoms with van der Waals surface area (Å²) in [6, 6.07) is 14.6. The van der Waals surface area contributed by atoms with Gasteiger partial charge in [0, 0.05) is 25.7 Å². The highest BCUT2D eigenvalue weighted by Gasteiger charge is 2.12. The molecule has 0 unspecified atom stereocenters. The van der Waals surface area contributed by atoms with E-state index in [1.165, 1.54) is 7.05 Å². The first-order chi connectivity index (χ1) is 13.4. The average molecular weight is 405 g/mol. The number of nitrogens with one attached hydrogen (secondary N) is 2. The minimum absolute atomic E-state index is 0.239. The minimum Gasteiger partial charge on any atom is -0.496 e. The van der Waals surface area contributed by atoms with Crippen LogP contribution in [0.5, 0.6) is 5.75 Å². The fourth-order valence-electron chi connectivity index (χ4n) is 2.69. The highest BCUT2D eigenvalue weighted by molar-refractivity contribution is 7.89. The molecule has 7 nitrogen and oxygen atoms in total. The molecule has 152 valence electrons. The summed E-state index contributed by atoms with van der Waals surface area (Å²) in [5, 5.41) is 3.28. The number of methoxy groups -OCH3 is 1. The highest BCUT2D eigenvalue weighted by Crippen LogP contribution is 2.19. The summed E-state index contributed by atoms with van der Waals surface area (Å²) in [6.45, 7) is 3.85. The maximum absolute atomic E-state index is 11.8. The van der Waals surface area contributed by atoms with Crippen LogP contribution in [0.25, 0.3) is 0 Å². The molecule has 2 aromatic carbocycles. The third-order valence-electron chi connectivity index (χ3n) is 4.21. The van der Waals surface area contributed by atoms with Crippen LogP contribution in [0.2, 0.25) is 0 Å². The first-order valence-electron chi connectivity index (χ1n) is 9.05. The van der Waals surface area contributed by atoms with E-state index in [0.717, 1.165) is 29.4 Å². The zero-order valence-corrected chi connectivity index (χ0v) is 17.6. The van der Waals surface area contributed by atoms with Crippen molar-refractivity contribution in [3.8, 4) is 5.75 Å². The molecule has 2 N–H and O–H groups in total. The van der Waals surface area contributed by atoms with E-state index >= 15 is 0 Å². The summed E-state index contributed by atoms with van der Waals surface area (Å²) >= 11 is 0. The number of para-hydroxylation sites is 1. The fraction of sp³-hybridized carbons (Fsp3) is 0.350. The van der Waals surface area contributed by atoms with Gasteiger partial charge in [-0.1, -0.05) is 30.3 Å². The molecule has 0 aliphatic rings. The van der Waals surface area contributed by atoms with Gasteiger partial charge in [0.05, 0.1) is 18.6 Å². The van der Waals surface area contributed by atoms with E-state index < -0.39 is 10.0 Å². The monoisotopic (exact) mass is 404 g/mol. The van der Waals surface area contributed by atoms with Gasteiger partial charge in [-0.15, -0.1) is 0 Å². The van der Waals surface area contributed by atoms with E-state index in [0.29, 0.717) is 13.1 Å². The lowest BCUT2D eigenvalue weighted by Gasteiger charge is -2.23. The molecular weight excluding hydrogens is 376 g/mol. The number of rotatable bonds is 8. The zero-order chi connectivity index (χ0) is 20.6. The third kappa shape index (κ3) is 5.71. The van der Waals surface area contributed by atoms with Crippen molar-refractivity contribution in [2.75, 3.05) is 27.7 Å². The lowest BCUT2D eigenvalue weighted by Crippen LogP contribution is -2.38. The van der Waals surface area contributed by atoms with Crippen molar-refractivity contribution in [3.05, 3.63) is 59.7 Å². The molecule has 0 aromatic heterocycles. The molecule has 28 heavy (non-hydrogen) atoms. The van der Waals surface area contributed by atoms with E-state index in [2.05, 4.69) is 15.0 Å². The number of benzene rings is 2. The van der Waals surface area contributed by atoms with E-state index in [9.17, 15) is 8.42 Å². The Kier molecular flexibility index (Phi) is 7.83. The van der Waals surface area contributed by atoms with Crippen LogP contribution in [0.1, 0.15) is 18.1 Å². The summed E-state index contributed by atoms with van der Waals surface area (Å²) in [6.07, 6.45) is 0. The van der Waals surface area contributed by atoms with Gasteiger partial charge in [0.15, 0.2) is 5.96 Å². The van der Waals surface area contributed by atoms with Crippen molar-refractivity contribution in [3.63, 3.8) is 0 Å². The molecule has 8 heteroatoms. The lowest BCUT2D eigenvalue weighted by atomic mass is 10.2. The Balaban J connectivity index is 2.13. The van der Waals surface area contributed by atoms with E-state index in [4.69, 9.17) is 4.74 Å². The van der Waals surface area contributed by atoms with Crippen LogP contribution in [-0.4, -0.2) is 47.0 Å². The normalized spacial score (nSPS) is 11.9. The van der Waals surface area contributed by atoms with E-state index in [-0.39, 0.29) is 4.90 Å². The molecule has 2 rings (SSSR count). The minimum atomic E-state index is -3.43. The van der Waals surface area contributed by atoms with Gasteiger partial charge >= 0.3 is 0 Å². The molecular formula is C20H28N4O3S. The number of hydrogen-bond donors (Lipinski definition) is 2. The first kappa shape index (κ1) is 21.7. The Labute approximate surface area is 167 Å². The fourth-order valence-corrected chi connectivity index (χ4v) is 3.42.